The highest BCUT2D eigenvalue weighted by atomic mass is 19.1. The third kappa shape index (κ3) is 2.87. The average Bonchev–Trinajstić information content (AvgIpc) is 2.51. The van der Waals surface area contributed by atoms with Crippen LogP contribution >= 0.6 is 0 Å². The lowest BCUT2D eigenvalue weighted by atomic mass is 9.74. The van der Waals surface area contributed by atoms with Crippen LogP contribution in [0.3, 0.4) is 0 Å². The molecule has 1 aromatic rings. The Balaban J connectivity index is 2.18. The van der Waals surface area contributed by atoms with Crippen molar-refractivity contribution >= 4 is 11.6 Å². The van der Waals surface area contributed by atoms with Gasteiger partial charge in [-0.15, -0.1) is 0 Å². The minimum Gasteiger partial charge on any atom is -0.396 e. The monoisotopic (exact) mass is 296 g/mol. The molecule has 1 aromatic carbocycles. The van der Waals surface area contributed by atoms with Crippen molar-refractivity contribution in [2.45, 2.75) is 39.5 Å². The summed E-state index contributed by atoms with van der Waals surface area (Å²) in [5.41, 5.74) is 4.95. The summed E-state index contributed by atoms with van der Waals surface area (Å²) in [5.74, 6) is -2.41. The fraction of sp³-hybridized carbons (Fsp3) is 0.562. The minimum atomic E-state index is -0.956. The Hall–Kier alpha value is -1.65. The van der Waals surface area contributed by atoms with E-state index in [-0.39, 0.29) is 11.1 Å². The molecule has 0 bridgehead atoms. The van der Waals surface area contributed by atoms with Gasteiger partial charge in [-0.25, -0.2) is 8.78 Å². The summed E-state index contributed by atoms with van der Waals surface area (Å²) in [6.07, 6.45) is 3.87. The number of rotatable bonds is 3. The molecule has 0 aliphatic carbocycles. The molecule has 0 saturated carbocycles. The summed E-state index contributed by atoms with van der Waals surface area (Å²) < 4.78 is 27.7. The third-order valence-corrected chi connectivity index (χ3v) is 4.95. The highest BCUT2D eigenvalue weighted by Gasteiger charge is 2.34. The Morgan fingerprint density at radius 1 is 1.24 bits per heavy atom. The molecule has 0 unspecified atom stereocenters. The van der Waals surface area contributed by atoms with Gasteiger partial charge in [0.25, 0.3) is 5.91 Å². The molecular formula is C16H22F2N2O. The van der Waals surface area contributed by atoms with Gasteiger partial charge in [0.1, 0.15) is 11.4 Å². The molecule has 1 aliphatic heterocycles. The molecule has 1 heterocycles. The molecule has 2 N–H and O–H groups in total. The molecule has 21 heavy (non-hydrogen) atoms. The Kier molecular flexibility index (Phi) is 4.49. The molecule has 3 nitrogen and oxygen atoms in total. The number of carbonyl (C=O) groups is 1. The zero-order valence-corrected chi connectivity index (χ0v) is 12.6. The Bertz CT molecular complexity index is 531. The van der Waals surface area contributed by atoms with Crippen LogP contribution in [0.25, 0.3) is 0 Å². The van der Waals surface area contributed by atoms with Crippen LogP contribution in [0.1, 0.15) is 49.9 Å². The maximum atomic E-state index is 13.9. The molecule has 1 saturated heterocycles. The van der Waals surface area contributed by atoms with Crippen molar-refractivity contribution in [1.29, 1.82) is 0 Å². The smallest absolute Gasteiger partial charge is 0.259 e. The first-order chi connectivity index (χ1) is 9.94. The van der Waals surface area contributed by atoms with Crippen molar-refractivity contribution in [1.82, 2.24) is 4.90 Å². The van der Waals surface area contributed by atoms with E-state index in [2.05, 4.69) is 13.8 Å². The zero-order chi connectivity index (χ0) is 15.6. The molecule has 1 amide bonds. The van der Waals surface area contributed by atoms with Gasteiger partial charge in [-0.05, 0) is 30.4 Å². The molecule has 1 aliphatic rings. The van der Waals surface area contributed by atoms with Crippen molar-refractivity contribution in [3.8, 4) is 0 Å². The van der Waals surface area contributed by atoms with E-state index < -0.39 is 23.1 Å². The lowest BCUT2D eigenvalue weighted by molar-refractivity contribution is 0.0549. The van der Waals surface area contributed by atoms with E-state index in [1.807, 2.05) is 0 Å². The molecule has 116 valence electrons. The van der Waals surface area contributed by atoms with Crippen LogP contribution in [0, 0.1) is 17.0 Å². The van der Waals surface area contributed by atoms with Gasteiger partial charge >= 0.3 is 0 Å². The SMILES string of the molecule is CCC1(CC)CCN(C(=O)c2c(F)ccc(N)c2F)CC1. The van der Waals surface area contributed by atoms with Crippen molar-refractivity contribution in [3.05, 3.63) is 29.3 Å². The number of carbonyl (C=O) groups excluding carboxylic acids is 1. The number of halogens is 2. The number of hydrogen-bond donors (Lipinski definition) is 1. The Morgan fingerprint density at radius 3 is 2.33 bits per heavy atom. The van der Waals surface area contributed by atoms with E-state index in [9.17, 15) is 13.6 Å². The molecule has 5 heteroatoms. The van der Waals surface area contributed by atoms with Crippen LogP contribution in [0.4, 0.5) is 14.5 Å². The largest absolute Gasteiger partial charge is 0.396 e. The van der Waals surface area contributed by atoms with Gasteiger partial charge in [-0.3, -0.25) is 4.79 Å². The lowest BCUT2D eigenvalue weighted by Gasteiger charge is -2.41. The summed E-state index contributed by atoms with van der Waals surface area (Å²) in [4.78, 5) is 13.9. The van der Waals surface area contributed by atoms with Crippen LogP contribution in [-0.4, -0.2) is 23.9 Å². The Labute approximate surface area is 124 Å². The van der Waals surface area contributed by atoms with Crippen LogP contribution in [0.2, 0.25) is 0 Å². The van der Waals surface area contributed by atoms with Crippen LogP contribution in [-0.2, 0) is 0 Å². The van der Waals surface area contributed by atoms with E-state index in [1.165, 1.54) is 4.90 Å². The molecule has 0 aromatic heterocycles. The van der Waals surface area contributed by atoms with Gasteiger partial charge in [0.05, 0.1) is 5.69 Å². The molecular weight excluding hydrogens is 274 g/mol. The third-order valence-electron chi connectivity index (χ3n) is 4.95. The van der Waals surface area contributed by atoms with Crippen LogP contribution in [0.5, 0.6) is 0 Å². The van der Waals surface area contributed by atoms with Gasteiger partial charge in [0, 0.05) is 13.1 Å². The maximum Gasteiger partial charge on any atom is 0.259 e. The molecule has 0 spiro atoms. The van der Waals surface area contributed by atoms with Crippen molar-refractivity contribution < 1.29 is 13.6 Å². The van der Waals surface area contributed by atoms with Gasteiger partial charge in [0.15, 0.2) is 5.82 Å². The van der Waals surface area contributed by atoms with Gasteiger partial charge in [0.2, 0.25) is 0 Å². The fourth-order valence-electron chi connectivity index (χ4n) is 3.06. The topological polar surface area (TPSA) is 46.3 Å². The number of anilines is 1. The number of likely N-dealkylation sites (tertiary alicyclic amines) is 1. The normalized spacial score (nSPS) is 17.8. The summed E-state index contributed by atoms with van der Waals surface area (Å²) in [6.45, 7) is 5.37. The standard InChI is InChI=1S/C16H22F2N2O/c1-3-16(4-2)7-9-20(10-8-16)15(21)13-11(17)5-6-12(19)14(13)18/h5-6H,3-4,7-10,19H2,1-2H3. The molecule has 0 atom stereocenters. The second kappa shape index (κ2) is 6.00. The highest BCUT2D eigenvalue weighted by Crippen LogP contribution is 2.38. The number of piperidine rings is 1. The molecule has 0 radical (unpaired) electrons. The first-order valence-electron chi connectivity index (χ1n) is 7.47. The van der Waals surface area contributed by atoms with Crippen molar-refractivity contribution in [2.24, 2.45) is 5.41 Å². The maximum absolute atomic E-state index is 13.9. The van der Waals surface area contributed by atoms with E-state index in [1.54, 1.807) is 0 Å². The number of nitrogens with zero attached hydrogens (tertiary/aromatic N) is 1. The fourth-order valence-corrected chi connectivity index (χ4v) is 3.06. The van der Waals surface area contributed by atoms with E-state index in [0.29, 0.717) is 13.1 Å². The first kappa shape index (κ1) is 15.7. The Morgan fingerprint density at radius 2 is 1.81 bits per heavy atom. The second-order valence-corrected chi connectivity index (χ2v) is 5.82. The number of benzene rings is 1. The predicted molar refractivity (Wildman–Crippen MR) is 78.9 cm³/mol. The summed E-state index contributed by atoms with van der Waals surface area (Å²) in [5, 5.41) is 0. The van der Waals surface area contributed by atoms with Crippen molar-refractivity contribution in [2.75, 3.05) is 18.8 Å². The van der Waals surface area contributed by atoms with E-state index in [0.717, 1.165) is 37.8 Å². The summed E-state index contributed by atoms with van der Waals surface area (Å²) in [7, 11) is 0. The number of nitrogen functional groups attached to an aromatic ring is 1. The number of amides is 1. The number of nitrogens with two attached hydrogens (primary N) is 1. The lowest BCUT2D eigenvalue weighted by Crippen LogP contribution is -2.43. The average molecular weight is 296 g/mol. The second-order valence-electron chi connectivity index (χ2n) is 5.82. The van der Waals surface area contributed by atoms with Crippen LogP contribution < -0.4 is 5.73 Å². The van der Waals surface area contributed by atoms with Gasteiger partial charge in [-0.2, -0.15) is 0 Å². The first-order valence-corrected chi connectivity index (χ1v) is 7.47. The summed E-state index contributed by atoms with van der Waals surface area (Å²) >= 11 is 0. The predicted octanol–water partition coefficient (Wildman–Crippen LogP) is 3.59. The van der Waals surface area contributed by atoms with E-state index in [4.69, 9.17) is 5.73 Å². The van der Waals surface area contributed by atoms with Gasteiger partial charge in [-0.1, -0.05) is 26.7 Å². The number of hydrogen-bond acceptors (Lipinski definition) is 2. The highest BCUT2D eigenvalue weighted by molar-refractivity contribution is 5.95. The minimum absolute atomic E-state index is 0.201. The quantitative estimate of drug-likeness (QED) is 0.866. The van der Waals surface area contributed by atoms with Gasteiger partial charge < -0.3 is 10.6 Å². The molecule has 1 fully saturated rings. The summed E-state index contributed by atoms with van der Waals surface area (Å²) in [6, 6.07) is 2.18. The zero-order valence-electron chi connectivity index (χ0n) is 12.6. The molecule has 2 rings (SSSR count). The van der Waals surface area contributed by atoms with Crippen LogP contribution in [0.15, 0.2) is 12.1 Å². The van der Waals surface area contributed by atoms with E-state index >= 15 is 0 Å². The van der Waals surface area contributed by atoms with Crippen molar-refractivity contribution in [3.63, 3.8) is 0 Å².